The molecule has 0 atom stereocenters. The smallest absolute Gasteiger partial charge is 0.319 e. The molecule has 1 aromatic heterocycles. The van der Waals surface area contributed by atoms with E-state index in [0.717, 1.165) is 49.8 Å². The first kappa shape index (κ1) is 17.3. The van der Waals surface area contributed by atoms with Gasteiger partial charge in [-0.25, -0.2) is 14.8 Å². The first-order chi connectivity index (χ1) is 12.2. The van der Waals surface area contributed by atoms with Crippen LogP contribution in [-0.4, -0.2) is 60.3 Å². The standard InChI is InChI=1S/C18H23N5O2/c1-14-6-7-19-17(21-14)15-2-4-16(5-3-15)22-18(24)20-8-9-23-10-12-25-13-11-23/h2-7H,8-13H2,1H3,(H2,20,22,24). The Balaban J connectivity index is 1.46. The molecule has 0 aliphatic carbocycles. The summed E-state index contributed by atoms with van der Waals surface area (Å²) in [6.45, 7) is 6.76. The molecular formula is C18H23N5O2. The molecule has 1 aliphatic heterocycles. The van der Waals surface area contributed by atoms with Crippen LogP contribution in [0.15, 0.2) is 36.5 Å². The van der Waals surface area contributed by atoms with Crippen molar-refractivity contribution in [2.45, 2.75) is 6.92 Å². The zero-order valence-corrected chi connectivity index (χ0v) is 14.4. The zero-order valence-electron chi connectivity index (χ0n) is 14.4. The minimum atomic E-state index is -0.201. The summed E-state index contributed by atoms with van der Waals surface area (Å²) in [7, 11) is 0. The molecule has 1 fully saturated rings. The summed E-state index contributed by atoms with van der Waals surface area (Å²) >= 11 is 0. The molecule has 0 spiro atoms. The fourth-order valence-electron chi connectivity index (χ4n) is 2.62. The average molecular weight is 341 g/mol. The van der Waals surface area contributed by atoms with Gasteiger partial charge in [-0.2, -0.15) is 0 Å². The van der Waals surface area contributed by atoms with Gasteiger partial charge in [0.2, 0.25) is 0 Å². The molecule has 25 heavy (non-hydrogen) atoms. The number of benzene rings is 1. The molecule has 1 saturated heterocycles. The maximum Gasteiger partial charge on any atom is 0.319 e. The van der Waals surface area contributed by atoms with E-state index in [2.05, 4.69) is 25.5 Å². The molecule has 7 nitrogen and oxygen atoms in total. The summed E-state index contributed by atoms with van der Waals surface area (Å²) in [5.41, 5.74) is 2.58. The number of hydrogen-bond acceptors (Lipinski definition) is 5. The van der Waals surface area contributed by atoms with Crippen molar-refractivity contribution in [2.75, 3.05) is 44.7 Å². The molecule has 7 heteroatoms. The van der Waals surface area contributed by atoms with E-state index in [4.69, 9.17) is 4.74 Å². The minimum absolute atomic E-state index is 0.201. The molecule has 0 bridgehead atoms. The van der Waals surface area contributed by atoms with E-state index in [9.17, 15) is 4.79 Å². The van der Waals surface area contributed by atoms with Gasteiger partial charge in [0.15, 0.2) is 5.82 Å². The van der Waals surface area contributed by atoms with Crippen LogP contribution in [0.25, 0.3) is 11.4 Å². The van der Waals surface area contributed by atoms with E-state index in [1.165, 1.54) is 0 Å². The van der Waals surface area contributed by atoms with Crippen molar-refractivity contribution < 1.29 is 9.53 Å². The number of aromatic nitrogens is 2. The third-order valence-electron chi connectivity index (χ3n) is 4.01. The van der Waals surface area contributed by atoms with Crippen molar-refractivity contribution in [1.82, 2.24) is 20.2 Å². The summed E-state index contributed by atoms with van der Waals surface area (Å²) < 4.78 is 5.30. The van der Waals surface area contributed by atoms with E-state index in [0.29, 0.717) is 12.4 Å². The number of ether oxygens (including phenoxy) is 1. The lowest BCUT2D eigenvalue weighted by Crippen LogP contribution is -2.42. The van der Waals surface area contributed by atoms with Crippen LogP contribution in [0.2, 0.25) is 0 Å². The average Bonchev–Trinajstić information content (AvgIpc) is 2.63. The molecule has 3 rings (SSSR count). The Bertz CT molecular complexity index is 699. The van der Waals surface area contributed by atoms with E-state index in [-0.39, 0.29) is 6.03 Å². The molecular weight excluding hydrogens is 318 g/mol. The molecule has 1 aliphatic rings. The lowest BCUT2D eigenvalue weighted by Gasteiger charge is -2.26. The SMILES string of the molecule is Cc1ccnc(-c2ccc(NC(=O)NCCN3CCOCC3)cc2)n1. The molecule has 1 aromatic carbocycles. The van der Waals surface area contributed by atoms with Gasteiger partial charge >= 0.3 is 6.03 Å². The van der Waals surface area contributed by atoms with Crippen LogP contribution < -0.4 is 10.6 Å². The van der Waals surface area contributed by atoms with Crippen molar-refractivity contribution >= 4 is 11.7 Å². The highest BCUT2D eigenvalue weighted by atomic mass is 16.5. The van der Waals surface area contributed by atoms with Gasteiger partial charge in [0.1, 0.15) is 0 Å². The van der Waals surface area contributed by atoms with Crippen LogP contribution in [0.5, 0.6) is 0 Å². The third-order valence-corrected chi connectivity index (χ3v) is 4.01. The lowest BCUT2D eigenvalue weighted by molar-refractivity contribution is 0.0388. The van der Waals surface area contributed by atoms with Crippen LogP contribution in [0.1, 0.15) is 5.69 Å². The second-order valence-corrected chi connectivity index (χ2v) is 5.93. The molecule has 2 N–H and O–H groups in total. The largest absolute Gasteiger partial charge is 0.379 e. The Labute approximate surface area is 147 Å². The summed E-state index contributed by atoms with van der Waals surface area (Å²) in [6.07, 6.45) is 1.74. The molecule has 2 amide bonds. The van der Waals surface area contributed by atoms with Crippen LogP contribution in [0.3, 0.4) is 0 Å². The third kappa shape index (κ3) is 5.23. The monoisotopic (exact) mass is 341 g/mol. The highest BCUT2D eigenvalue weighted by Gasteiger charge is 2.10. The Kier molecular flexibility index (Phi) is 5.92. The summed E-state index contributed by atoms with van der Waals surface area (Å²) in [5, 5.41) is 5.71. The highest BCUT2D eigenvalue weighted by Crippen LogP contribution is 2.17. The number of nitrogens with zero attached hydrogens (tertiary/aromatic N) is 3. The van der Waals surface area contributed by atoms with Crippen molar-refractivity contribution in [1.29, 1.82) is 0 Å². The number of anilines is 1. The number of aryl methyl sites for hydroxylation is 1. The normalized spacial score (nSPS) is 14.9. The zero-order chi connectivity index (χ0) is 17.5. The van der Waals surface area contributed by atoms with Crippen molar-refractivity contribution in [3.05, 3.63) is 42.2 Å². The molecule has 2 heterocycles. The molecule has 0 radical (unpaired) electrons. The quantitative estimate of drug-likeness (QED) is 0.868. The fraction of sp³-hybridized carbons (Fsp3) is 0.389. The predicted octanol–water partition coefficient (Wildman–Crippen LogP) is 1.91. The fourth-order valence-corrected chi connectivity index (χ4v) is 2.62. The molecule has 0 saturated carbocycles. The Morgan fingerprint density at radius 1 is 1.20 bits per heavy atom. The van der Waals surface area contributed by atoms with E-state index in [1.54, 1.807) is 6.20 Å². The topological polar surface area (TPSA) is 79.4 Å². The number of urea groups is 1. The summed E-state index contributed by atoms with van der Waals surface area (Å²) in [5.74, 6) is 0.682. The second kappa shape index (κ2) is 8.55. The van der Waals surface area contributed by atoms with Gasteiger partial charge in [-0.05, 0) is 37.3 Å². The Morgan fingerprint density at radius 3 is 2.68 bits per heavy atom. The van der Waals surface area contributed by atoms with Gasteiger partial charge in [-0.15, -0.1) is 0 Å². The van der Waals surface area contributed by atoms with Gasteiger partial charge in [0.05, 0.1) is 13.2 Å². The van der Waals surface area contributed by atoms with Gasteiger partial charge in [-0.1, -0.05) is 0 Å². The molecule has 2 aromatic rings. The molecule has 132 valence electrons. The number of carbonyl (C=O) groups excluding carboxylic acids is 1. The van der Waals surface area contributed by atoms with E-state index < -0.39 is 0 Å². The first-order valence-electron chi connectivity index (χ1n) is 8.46. The van der Waals surface area contributed by atoms with Crippen molar-refractivity contribution in [3.63, 3.8) is 0 Å². The molecule has 0 unspecified atom stereocenters. The van der Waals surface area contributed by atoms with Gasteiger partial charge in [0.25, 0.3) is 0 Å². The maximum atomic E-state index is 12.0. The number of amides is 2. The maximum absolute atomic E-state index is 12.0. The van der Waals surface area contributed by atoms with Gasteiger partial charge in [-0.3, -0.25) is 4.90 Å². The number of rotatable bonds is 5. The Hall–Kier alpha value is -2.51. The summed E-state index contributed by atoms with van der Waals surface area (Å²) in [6, 6.07) is 9.16. The van der Waals surface area contributed by atoms with Crippen molar-refractivity contribution in [2.24, 2.45) is 0 Å². The number of hydrogen-bond donors (Lipinski definition) is 2. The number of nitrogens with one attached hydrogen (secondary N) is 2. The van der Waals surface area contributed by atoms with Gasteiger partial charge < -0.3 is 15.4 Å². The van der Waals surface area contributed by atoms with E-state index >= 15 is 0 Å². The van der Waals surface area contributed by atoms with Crippen LogP contribution in [0.4, 0.5) is 10.5 Å². The minimum Gasteiger partial charge on any atom is -0.379 e. The van der Waals surface area contributed by atoms with Gasteiger partial charge in [0, 0.05) is 49.3 Å². The second-order valence-electron chi connectivity index (χ2n) is 5.93. The Morgan fingerprint density at radius 2 is 1.96 bits per heavy atom. The number of morpholine rings is 1. The van der Waals surface area contributed by atoms with E-state index in [1.807, 2.05) is 37.3 Å². The van der Waals surface area contributed by atoms with Crippen LogP contribution in [-0.2, 0) is 4.74 Å². The highest BCUT2D eigenvalue weighted by molar-refractivity contribution is 5.89. The summed E-state index contributed by atoms with van der Waals surface area (Å²) in [4.78, 5) is 22.9. The van der Waals surface area contributed by atoms with Crippen molar-refractivity contribution in [3.8, 4) is 11.4 Å². The first-order valence-corrected chi connectivity index (χ1v) is 8.46. The van der Waals surface area contributed by atoms with Crippen LogP contribution >= 0.6 is 0 Å². The number of carbonyl (C=O) groups is 1. The predicted molar refractivity (Wildman–Crippen MR) is 96.5 cm³/mol. The lowest BCUT2D eigenvalue weighted by atomic mass is 10.2. The van der Waals surface area contributed by atoms with Crippen LogP contribution in [0, 0.1) is 6.92 Å².